The number of ether oxygens (including phenoxy) is 1. The van der Waals surface area contributed by atoms with Crippen LogP contribution >= 0.6 is 0 Å². The van der Waals surface area contributed by atoms with E-state index in [4.69, 9.17) is 4.74 Å². The summed E-state index contributed by atoms with van der Waals surface area (Å²) in [7, 11) is 1.35. The summed E-state index contributed by atoms with van der Waals surface area (Å²) in [6, 6.07) is 18.7. The third-order valence-corrected chi connectivity index (χ3v) is 6.06. The molecule has 172 valence electrons. The lowest BCUT2D eigenvalue weighted by Gasteiger charge is -2.13. The number of amides is 2. The third kappa shape index (κ3) is 6.01. The van der Waals surface area contributed by atoms with Crippen molar-refractivity contribution >= 4 is 33.2 Å². The van der Waals surface area contributed by atoms with Gasteiger partial charge in [0, 0.05) is 36.6 Å². The van der Waals surface area contributed by atoms with E-state index in [1.165, 1.54) is 31.4 Å². The summed E-state index contributed by atoms with van der Waals surface area (Å²) >= 11 is 0. The highest BCUT2D eigenvalue weighted by Gasteiger charge is 2.17. The van der Waals surface area contributed by atoms with E-state index in [1.807, 2.05) is 19.0 Å². The molecule has 0 spiro atoms. The average molecular weight is 469 g/mol. The van der Waals surface area contributed by atoms with Gasteiger partial charge in [-0.25, -0.2) is 8.42 Å². The molecule has 0 unspecified atom stereocenters. The lowest BCUT2D eigenvalue weighted by atomic mass is 10.2. The van der Waals surface area contributed by atoms with E-state index in [1.54, 1.807) is 48.5 Å². The molecular formula is C23H24N4O5S. The molecule has 0 aliphatic heterocycles. The fraction of sp³-hybridized carbons (Fsp3) is 0.130. The molecule has 0 aromatic heterocycles. The number of methoxy groups -OCH3 is 1. The zero-order valence-corrected chi connectivity index (χ0v) is 19.1. The molecule has 0 saturated carbocycles. The number of rotatable bonds is 7. The second-order valence-electron chi connectivity index (χ2n) is 7.21. The van der Waals surface area contributed by atoms with Crippen LogP contribution in [0.5, 0.6) is 5.75 Å². The molecule has 0 saturated heterocycles. The number of hydrazine groups is 1. The number of anilines is 2. The fourth-order valence-corrected chi connectivity index (χ4v) is 3.95. The Morgan fingerprint density at radius 1 is 0.818 bits per heavy atom. The van der Waals surface area contributed by atoms with E-state index >= 15 is 0 Å². The zero-order valence-electron chi connectivity index (χ0n) is 18.3. The fourth-order valence-electron chi connectivity index (χ4n) is 2.85. The second kappa shape index (κ2) is 10.0. The van der Waals surface area contributed by atoms with Gasteiger partial charge in [-0.05, 0) is 66.7 Å². The number of hydrogen-bond donors (Lipinski definition) is 3. The number of benzene rings is 3. The number of hydrogen-bond acceptors (Lipinski definition) is 6. The van der Waals surface area contributed by atoms with Gasteiger partial charge in [0.25, 0.3) is 21.8 Å². The summed E-state index contributed by atoms with van der Waals surface area (Å²) in [6.45, 7) is 0. The quantitative estimate of drug-likeness (QED) is 0.459. The molecule has 3 rings (SSSR count). The Balaban J connectivity index is 1.66. The van der Waals surface area contributed by atoms with E-state index in [2.05, 4.69) is 15.6 Å². The maximum Gasteiger partial charge on any atom is 0.269 e. The van der Waals surface area contributed by atoms with Crippen LogP contribution in [0.2, 0.25) is 0 Å². The van der Waals surface area contributed by atoms with Crippen LogP contribution in [0, 0.1) is 0 Å². The largest absolute Gasteiger partial charge is 0.497 e. The Labute approximate surface area is 192 Å². The molecule has 3 N–H and O–H groups in total. The summed E-state index contributed by atoms with van der Waals surface area (Å²) in [5, 5.41) is 0. The van der Waals surface area contributed by atoms with E-state index in [9.17, 15) is 18.0 Å². The van der Waals surface area contributed by atoms with Crippen molar-refractivity contribution in [1.29, 1.82) is 0 Å². The van der Waals surface area contributed by atoms with Gasteiger partial charge in [-0.1, -0.05) is 6.07 Å². The number of carbonyl (C=O) groups excluding carboxylic acids is 2. The molecule has 2 amide bonds. The summed E-state index contributed by atoms with van der Waals surface area (Å²) in [5.41, 5.74) is 6.32. The molecule has 0 fully saturated rings. The number of sulfonamides is 1. The standard InChI is InChI=1S/C23H24N4O5S/c1-27(2)19-11-7-16(8-12-19)22(28)24-25-23(29)17-5-4-6-21(15-17)33(30,31)26-18-9-13-20(32-3)14-10-18/h4-15,26H,1-3H3,(H,24,28)(H,25,29). The van der Waals surface area contributed by atoms with Crippen LogP contribution in [-0.2, 0) is 10.0 Å². The van der Waals surface area contributed by atoms with Gasteiger partial charge in [0.05, 0.1) is 12.0 Å². The van der Waals surface area contributed by atoms with Gasteiger partial charge >= 0.3 is 0 Å². The van der Waals surface area contributed by atoms with Crippen molar-refractivity contribution in [2.75, 3.05) is 30.8 Å². The normalized spacial score (nSPS) is 10.8. The molecule has 3 aromatic rings. The highest BCUT2D eigenvalue weighted by atomic mass is 32.2. The molecule has 9 nitrogen and oxygen atoms in total. The minimum atomic E-state index is -3.94. The SMILES string of the molecule is COc1ccc(NS(=O)(=O)c2cccc(C(=O)NNC(=O)c3ccc(N(C)C)cc3)c2)cc1. The zero-order chi connectivity index (χ0) is 24.0. The first-order chi connectivity index (χ1) is 15.7. The summed E-state index contributed by atoms with van der Waals surface area (Å²) in [4.78, 5) is 26.5. The van der Waals surface area contributed by atoms with Gasteiger partial charge in [0.2, 0.25) is 0 Å². The van der Waals surface area contributed by atoms with Crippen molar-refractivity contribution in [1.82, 2.24) is 10.9 Å². The summed E-state index contributed by atoms with van der Waals surface area (Å²) < 4.78 is 32.9. The lowest BCUT2D eigenvalue weighted by Crippen LogP contribution is -2.41. The van der Waals surface area contributed by atoms with Crippen molar-refractivity contribution in [3.8, 4) is 5.75 Å². The van der Waals surface area contributed by atoms with Crippen molar-refractivity contribution in [3.05, 3.63) is 83.9 Å². The van der Waals surface area contributed by atoms with Crippen LogP contribution in [0.3, 0.4) is 0 Å². The molecule has 0 aliphatic rings. The lowest BCUT2D eigenvalue weighted by molar-refractivity contribution is 0.0846. The Morgan fingerprint density at radius 2 is 1.42 bits per heavy atom. The highest BCUT2D eigenvalue weighted by molar-refractivity contribution is 7.92. The second-order valence-corrected chi connectivity index (χ2v) is 8.89. The van der Waals surface area contributed by atoms with Crippen LogP contribution in [-0.4, -0.2) is 41.4 Å². The topological polar surface area (TPSA) is 117 Å². The minimum Gasteiger partial charge on any atom is -0.497 e. The molecule has 33 heavy (non-hydrogen) atoms. The van der Waals surface area contributed by atoms with Crippen molar-refractivity contribution in [2.45, 2.75) is 4.90 Å². The Hall–Kier alpha value is -4.05. The van der Waals surface area contributed by atoms with Crippen LogP contribution < -0.4 is 25.2 Å². The molecule has 3 aromatic carbocycles. The monoisotopic (exact) mass is 468 g/mol. The third-order valence-electron chi connectivity index (χ3n) is 4.68. The summed E-state index contributed by atoms with van der Waals surface area (Å²) in [5.74, 6) is -0.569. The van der Waals surface area contributed by atoms with Gasteiger partial charge in [0.15, 0.2) is 0 Å². The average Bonchev–Trinajstić information content (AvgIpc) is 2.82. The minimum absolute atomic E-state index is 0.0656. The van der Waals surface area contributed by atoms with Crippen LogP contribution in [0.4, 0.5) is 11.4 Å². The van der Waals surface area contributed by atoms with Crippen LogP contribution in [0.15, 0.2) is 77.7 Å². The molecule has 0 radical (unpaired) electrons. The molecular weight excluding hydrogens is 444 g/mol. The van der Waals surface area contributed by atoms with Crippen LogP contribution in [0.25, 0.3) is 0 Å². The van der Waals surface area contributed by atoms with Crippen molar-refractivity contribution in [2.24, 2.45) is 0 Å². The van der Waals surface area contributed by atoms with E-state index < -0.39 is 21.8 Å². The Kier molecular flexibility index (Phi) is 7.19. The number of nitrogens with one attached hydrogen (secondary N) is 3. The predicted molar refractivity (Wildman–Crippen MR) is 126 cm³/mol. The molecule has 0 bridgehead atoms. The van der Waals surface area contributed by atoms with Gasteiger partial charge in [-0.2, -0.15) is 0 Å². The van der Waals surface area contributed by atoms with Gasteiger partial charge in [-0.15, -0.1) is 0 Å². The van der Waals surface area contributed by atoms with Crippen molar-refractivity contribution in [3.63, 3.8) is 0 Å². The predicted octanol–water partition coefficient (Wildman–Crippen LogP) is 2.64. The number of nitrogens with zero attached hydrogens (tertiary/aromatic N) is 1. The maximum atomic E-state index is 12.7. The van der Waals surface area contributed by atoms with Gasteiger partial charge in [-0.3, -0.25) is 25.2 Å². The first-order valence-electron chi connectivity index (χ1n) is 9.84. The molecule has 0 atom stereocenters. The smallest absolute Gasteiger partial charge is 0.269 e. The first kappa shape index (κ1) is 23.6. The van der Waals surface area contributed by atoms with Gasteiger partial charge in [0.1, 0.15) is 5.75 Å². The maximum absolute atomic E-state index is 12.7. The van der Waals surface area contributed by atoms with Crippen molar-refractivity contribution < 1.29 is 22.7 Å². The highest BCUT2D eigenvalue weighted by Crippen LogP contribution is 2.20. The molecule has 0 heterocycles. The molecule has 0 aliphatic carbocycles. The Morgan fingerprint density at radius 3 is 2.00 bits per heavy atom. The van der Waals surface area contributed by atoms with E-state index in [0.29, 0.717) is 17.0 Å². The Bertz CT molecular complexity index is 1240. The summed E-state index contributed by atoms with van der Waals surface area (Å²) in [6.07, 6.45) is 0. The van der Waals surface area contributed by atoms with Crippen LogP contribution in [0.1, 0.15) is 20.7 Å². The van der Waals surface area contributed by atoms with Gasteiger partial charge < -0.3 is 9.64 Å². The van der Waals surface area contributed by atoms with E-state index in [-0.39, 0.29) is 10.5 Å². The molecule has 10 heteroatoms. The first-order valence-corrected chi connectivity index (χ1v) is 11.3. The van der Waals surface area contributed by atoms with E-state index in [0.717, 1.165) is 5.69 Å². The number of carbonyl (C=O) groups is 2.